The molecule has 0 aliphatic carbocycles. The molecule has 0 aromatic heterocycles. The fraction of sp³-hybridized carbons (Fsp3) is 0.231. The first-order valence-electron chi connectivity index (χ1n) is 5.72. The lowest BCUT2D eigenvalue weighted by molar-refractivity contribution is -0.123. The Labute approximate surface area is 121 Å². The first-order valence-corrected chi connectivity index (χ1v) is 6.48. The van der Waals surface area contributed by atoms with E-state index in [4.69, 9.17) is 23.2 Å². The summed E-state index contributed by atoms with van der Waals surface area (Å²) in [4.78, 5) is 25.0. The van der Waals surface area contributed by atoms with Crippen LogP contribution in [0, 0.1) is 0 Å². The van der Waals surface area contributed by atoms with Gasteiger partial charge in [0.25, 0.3) is 0 Å². The van der Waals surface area contributed by atoms with Gasteiger partial charge in [-0.1, -0.05) is 29.8 Å². The lowest BCUT2D eigenvalue weighted by Gasteiger charge is -2.17. The van der Waals surface area contributed by atoms with Gasteiger partial charge in [-0.3, -0.25) is 9.59 Å². The highest BCUT2D eigenvalue weighted by molar-refractivity contribution is 6.42. The maximum Gasteiger partial charge on any atom is 0.249 e. The van der Waals surface area contributed by atoms with Gasteiger partial charge in [-0.2, -0.15) is 0 Å². The Bertz CT molecular complexity index is 545. The Hall–Kier alpha value is -1.52. The van der Waals surface area contributed by atoms with Gasteiger partial charge in [0.1, 0.15) is 6.04 Å². The van der Waals surface area contributed by atoms with Crippen LogP contribution in [0.1, 0.15) is 6.42 Å². The van der Waals surface area contributed by atoms with E-state index in [1.807, 2.05) is 0 Å². The number of hydrogen-bond donors (Lipinski definition) is 1. The molecule has 1 aromatic carbocycles. The van der Waals surface area contributed by atoms with Crippen LogP contribution >= 0.6 is 23.2 Å². The van der Waals surface area contributed by atoms with E-state index in [9.17, 15) is 9.59 Å². The molecule has 4 nitrogen and oxygen atoms in total. The summed E-state index contributed by atoms with van der Waals surface area (Å²) in [5.74, 6) is -0.511. The van der Waals surface area contributed by atoms with Crippen LogP contribution in [0.5, 0.6) is 0 Å². The van der Waals surface area contributed by atoms with Crippen molar-refractivity contribution in [2.24, 2.45) is 0 Å². The Morgan fingerprint density at radius 1 is 1.42 bits per heavy atom. The first-order chi connectivity index (χ1) is 9.02. The summed E-state index contributed by atoms with van der Waals surface area (Å²) in [5.41, 5.74) is 0.676. The van der Waals surface area contributed by atoms with Gasteiger partial charge in [-0.25, -0.2) is 0 Å². The average molecular weight is 299 g/mol. The number of nitrogens with one attached hydrogen (secondary N) is 1. The number of hydrogen-bond acceptors (Lipinski definition) is 2. The molecule has 1 saturated heterocycles. The van der Waals surface area contributed by atoms with Crippen LogP contribution in [0.4, 0.5) is 5.69 Å². The van der Waals surface area contributed by atoms with E-state index in [1.165, 1.54) is 0 Å². The van der Waals surface area contributed by atoms with Gasteiger partial charge in [0, 0.05) is 12.2 Å². The molecule has 1 unspecified atom stereocenters. The van der Waals surface area contributed by atoms with Gasteiger partial charge in [0.2, 0.25) is 11.8 Å². The number of rotatable bonds is 3. The van der Waals surface area contributed by atoms with E-state index < -0.39 is 6.04 Å². The lowest BCUT2D eigenvalue weighted by atomic mass is 10.2. The van der Waals surface area contributed by atoms with Crippen molar-refractivity contribution in [2.45, 2.75) is 12.5 Å². The molecule has 0 saturated carbocycles. The summed E-state index contributed by atoms with van der Waals surface area (Å²) >= 11 is 11.8. The van der Waals surface area contributed by atoms with Crippen molar-refractivity contribution >= 4 is 40.7 Å². The SMILES string of the molecule is C=CC(=O)NC1CCN(c2ccc(Cl)c(Cl)c2)C1=O. The second-order valence-electron chi connectivity index (χ2n) is 4.14. The van der Waals surface area contributed by atoms with Crippen LogP contribution in [0.25, 0.3) is 0 Å². The predicted octanol–water partition coefficient (Wildman–Crippen LogP) is 2.40. The minimum Gasteiger partial charge on any atom is -0.341 e. The molecule has 0 spiro atoms. The Morgan fingerprint density at radius 2 is 2.16 bits per heavy atom. The van der Waals surface area contributed by atoms with E-state index >= 15 is 0 Å². The van der Waals surface area contributed by atoms with E-state index in [1.54, 1.807) is 23.1 Å². The molecule has 19 heavy (non-hydrogen) atoms. The van der Waals surface area contributed by atoms with Crippen molar-refractivity contribution in [1.82, 2.24) is 5.32 Å². The molecule has 1 fully saturated rings. The summed E-state index contributed by atoms with van der Waals surface area (Å²) < 4.78 is 0. The van der Waals surface area contributed by atoms with E-state index in [0.717, 1.165) is 6.08 Å². The summed E-state index contributed by atoms with van der Waals surface area (Å²) in [6.07, 6.45) is 1.70. The normalized spacial score (nSPS) is 18.5. The molecule has 100 valence electrons. The maximum absolute atomic E-state index is 12.2. The predicted molar refractivity (Wildman–Crippen MR) is 75.6 cm³/mol. The second kappa shape index (κ2) is 5.63. The lowest BCUT2D eigenvalue weighted by Crippen LogP contribution is -2.40. The van der Waals surface area contributed by atoms with Crippen molar-refractivity contribution in [3.05, 3.63) is 40.9 Å². The first kappa shape index (κ1) is 13.9. The molecule has 2 amide bonds. The minimum atomic E-state index is -0.514. The molecule has 1 aliphatic rings. The molecule has 1 heterocycles. The van der Waals surface area contributed by atoms with Crippen molar-refractivity contribution in [1.29, 1.82) is 0 Å². The van der Waals surface area contributed by atoms with Gasteiger partial charge >= 0.3 is 0 Å². The largest absolute Gasteiger partial charge is 0.341 e. The molecule has 1 aromatic rings. The van der Waals surface area contributed by atoms with Gasteiger partial charge in [0.05, 0.1) is 10.0 Å². The zero-order valence-electron chi connectivity index (χ0n) is 10.0. The minimum absolute atomic E-state index is 0.159. The van der Waals surface area contributed by atoms with Crippen molar-refractivity contribution in [2.75, 3.05) is 11.4 Å². The van der Waals surface area contributed by atoms with E-state index in [0.29, 0.717) is 28.7 Å². The molecule has 1 aliphatic heterocycles. The second-order valence-corrected chi connectivity index (χ2v) is 4.96. The van der Waals surface area contributed by atoms with Crippen molar-refractivity contribution in [3.63, 3.8) is 0 Å². The third kappa shape index (κ3) is 2.91. The number of halogens is 2. The van der Waals surface area contributed by atoms with E-state index in [-0.39, 0.29) is 11.8 Å². The maximum atomic E-state index is 12.2. The van der Waals surface area contributed by atoms with Crippen LogP contribution in [-0.4, -0.2) is 24.4 Å². The van der Waals surface area contributed by atoms with Gasteiger partial charge < -0.3 is 10.2 Å². The zero-order chi connectivity index (χ0) is 14.0. The zero-order valence-corrected chi connectivity index (χ0v) is 11.5. The topological polar surface area (TPSA) is 49.4 Å². The Kier molecular flexibility index (Phi) is 4.12. The molecule has 6 heteroatoms. The quantitative estimate of drug-likeness (QED) is 0.871. The molecule has 0 bridgehead atoms. The number of amides is 2. The molecule has 1 atom stereocenters. The van der Waals surface area contributed by atoms with Crippen molar-refractivity contribution < 1.29 is 9.59 Å². The third-order valence-corrected chi connectivity index (χ3v) is 3.66. The number of carbonyl (C=O) groups excluding carboxylic acids is 2. The van der Waals surface area contributed by atoms with Crippen LogP contribution in [0.3, 0.4) is 0 Å². The third-order valence-electron chi connectivity index (χ3n) is 2.92. The van der Waals surface area contributed by atoms with Crippen LogP contribution in [0.2, 0.25) is 10.0 Å². The molecule has 0 radical (unpaired) electrons. The van der Waals surface area contributed by atoms with Gasteiger partial charge in [0.15, 0.2) is 0 Å². The standard InChI is InChI=1S/C13H12Cl2N2O2/c1-2-12(18)16-11-5-6-17(13(11)19)8-3-4-9(14)10(15)7-8/h2-4,7,11H,1,5-6H2,(H,16,18). The number of anilines is 1. The molecular formula is C13H12Cl2N2O2. The molecule has 2 rings (SSSR count). The van der Waals surface area contributed by atoms with Gasteiger partial charge in [-0.05, 0) is 30.7 Å². The number of benzene rings is 1. The van der Waals surface area contributed by atoms with Crippen LogP contribution in [-0.2, 0) is 9.59 Å². The number of carbonyl (C=O) groups is 2. The fourth-order valence-corrected chi connectivity index (χ4v) is 2.25. The van der Waals surface area contributed by atoms with Crippen LogP contribution < -0.4 is 10.2 Å². The number of nitrogens with zero attached hydrogens (tertiary/aromatic N) is 1. The monoisotopic (exact) mass is 298 g/mol. The van der Waals surface area contributed by atoms with Gasteiger partial charge in [-0.15, -0.1) is 0 Å². The highest BCUT2D eigenvalue weighted by Crippen LogP contribution is 2.29. The fourth-order valence-electron chi connectivity index (χ4n) is 1.95. The smallest absolute Gasteiger partial charge is 0.249 e. The highest BCUT2D eigenvalue weighted by Gasteiger charge is 2.33. The Morgan fingerprint density at radius 3 is 2.79 bits per heavy atom. The Balaban J connectivity index is 2.15. The summed E-state index contributed by atoms with van der Waals surface area (Å²) in [6, 6.07) is 4.49. The summed E-state index contributed by atoms with van der Waals surface area (Å²) in [5, 5.41) is 3.43. The summed E-state index contributed by atoms with van der Waals surface area (Å²) in [7, 11) is 0. The van der Waals surface area contributed by atoms with Crippen molar-refractivity contribution in [3.8, 4) is 0 Å². The molecule has 1 N–H and O–H groups in total. The average Bonchev–Trinajstić information content (AvgIpc) is 2.74. The van der Waals surface area contributed by atoms with Crippen LogP contribution in [0.15, 0.2) is 30.9 Å². The highest BCUT2D eigenvalue weighted by atomic mass is 35.5. The van der Waals surface area contributed by atoms with E-state index in [2.05, 4.69) is 11.9 Å². The summed E-state index contributed by atoms with van der Waals surface area (Å²) in [6.45, 7) is 3.88. The molecular weight excluding hydrogens is 287 g/mol.